The number of fused-ring (bicyclic) bond motifs is 1. The van der Waals surface area contributed by atoms with Crippen molar-refractivity contribution in [3.05, 3.63) is 29.8 Å². The van der Waals surface area contributed by atoms with Crippen LogP contribution in [-0.4, -0.2) is 74.6 Å². The Bertz CT molecular complexity index is 559. The van der Waals surface area contributed by atoms with Crippen LogP contribution >= 0.6 is 0 Å². The largest absolute Gasteiger partial charge is 0.497 e. The molecule has 3 fully saturated rings. The lowest BCUT2D eigenvalue weighted by atomic mass is 10.1. The molecule has 4 rings (SSSR count). The van der Waals surface area contributed by atoms with Gasteiger partial charge in [-0.15, -0.1) is 0 Å². The number of hydrogen-bond donors (Lipinski definition) is 0. The molecule has 5 heteroatoms. The molecule has 0 amide bonds. The van der Waals surface area contributed by atoms with E-state index >= 15 is 0 Å². The standard InChI is InChI=1S/C21H32N2O3/c1-24-18-6-4-17(5-7-18)16-23-13-15-26-21-19(23)8-9-20(21)25-14-12-22-10-2-3-11-22/h4-7,19-21H,2-3,8-16H2,1H3/t19-,20+,21+/m0/s1. The summed E-state index contributed by atoms with van der Waals surface area (Å²) in [6.07, 6.45) is 5.49. The Hall–Kier alpha value is -1.14. The lowest BCUT2D eigenvalue weighted by Gasteiger charge is -2.39. The van der Waals surface area contributed by atoms with Crippen LogP contribution in [0, 0.1) is 0 Å². The summed E-state index contributed by atoms with van der Waals surface area (Å²) in [5, 5.41) is 0. The second-order valence-electron chi connectivity index (χ2n) is 7.76. The topological polar surface area (TPSA) is 34.2 Å². The number of benzene rings is 1. The molecule has 1 aliphatic carbocycles. The van der Waals surface area contributed by atoms with E-state index in [4.69, 9.17) is 14.2 Å². The molecular weight excluding hydrogens is 328 g/mol. The highest BCUT2D eigenvalue weighted by atomic mass is 16.5. The van der Waals surface area contributed by atoms with Crippen LogP contribution in [0.15, 0.2) is 24.3 Å². The molecule has 0 bridgehead atoms. The van der Waals surface area contributed by atoms with Crippen molar-refractivity contribution in [2.24, 2.45) is 0 Å². The minimum absolute atomic E-state index is 0.237. The number of nitrogens with zero attached hydrogens (tertiary/aromatic N) is 2. The molecule has 2 aliphatic heterocycles. The fraction of sp³-hybridized carbons (Fsp3) is 0.714. The maximum Gasteiger partial charge on any atom is 0.118 e. The van der Waals surface area contributed by atoms with Crippen LogP contribution in [0.1, 0.15) is 31.2 Å². The van der Waals surface area contributed by atoms with Crippen LogP contribution in [0.4, 0.5) is 0 Å². The van der Waals surface area contributed by atoms with Gasteiger partial charge in [0.25, 0.3) is 0 Å². The lowest BCUT2D eigenvalue weighted by Crippen LogP contribution is -2.51. The Morgan fingerprint density at radius 2 is 1.88 bits per heavy atom. The Morgan fingerprint density at radius 1 is 1.08 bits per heavy atom. The smallest absolute Gasteiger partial charge is 0.118 e. The van der Waals surface area contributed by atoms with Crippen molar-refractivity contribution < 1.29 is 14.2 Å². The second kappa shape index (κ2) is 8.70. The summed E-state index contributed by atoms with van der Waals surface area (Å²) < 4.78 is 17.7. The fourth-order valence-electron chi connectivity index (χ4n) is 4.67. The number of methoxy groups -OCH3 is 1. The molecule has 2 saturated heterocycles. The van der Waals surface area contributed by atoms with Gasteiger partial charge >= 0.3 is 0 Å². The molecular formula is C21H32N2O3. The maximum absolute atomic E-state index is 6.25. The summed E-state index contributed by atoms with van der Waals surface area (Å²) in [7, 11) is 1.71. The Balaban J connectivity index is 1.29. The zero-order valence-electron chi connectivity index (χ0n) is 15.9. The molecule has 0 unspecified atom stereocenters. The van der Waals surface area contributed by atoms with E-state index in [0.717, 1.165) is 45.0 Å². The number of ether oxygens (including phenoxy) is 3. The van der Waals surface area contributed by atoms with Gasteiger partial charge < -0.3 is 19.1 Å². The van der Waals surface area contributed by atoms with Crippen LogP contribution in [0.2, 0.25) is 0 Å². The van der Waals surface area contributed by atoms with Crippen LogP contribution in [0.25, 0.3) is 0 Å². The molecule has 3 atom stereocenters. The van der Waals surface area contributed by atoms with Crippen molar-refractivity contribution >= 4 is 0 Å². The van der Waals surface area contributed by atoms with Gasteiger partial charge in [0.15, 0.2) is 0 Å². The van der Waals surface area contributed by atoms with E-state index in [-0.39, 0.29) is 12.2 Å². The van der Waals surface area contributed by atoms with Crippen LogP contribution in [-0.2, 0) is 16.0 Å². The predicted molar refractivity (Wildman–Crippen MR) is 102 cm³/mol. The molecule has 1 aromatic rings. The van der Waals surface area contributed by atoms with Gasteiger partial charge in [0.05, 0.1) is 32.5 Å². The zero-order chi connectivity index (χ0) is 17.8. The van der Waals surface area contributed by atoms with E-state index in [1.54, 1.807) is 7.11 Å². The Kier molecular flexibility index (Phi) is 6.10. The highest BCUT2D eigenvalue weighted by molar-refractivity contribution is 5.27. The van der Waals surface area contributed by atoms with Gasteiger partial charge in [0.1, 0.15) is 5.75 Å². The first kappa shape index (κ1) is 18.2. The molecule has 0 N–H and O–H groups in total. The first-order valence-electron chi connectivity index (χ1n) is 10.2. The maximum atomic E-state index is 6.25. The third kappa shape index (κ3) is 4.22. The molecule has 26 heavy (non-hydrogen) atoms. The first-order chi connectivity index (χ1) is 12.8. The van der Waals surface area contributed by atoms with Gasteiger partial charge in [-0.3, -0.25) is 4.90 Å². The van der Waals surface area contributed by atoms with Crippen molar-refractivity contribution in [1.82, 2.24) is 9.80 Å². The second-order valence-corrected chi connectivity index (χ2v) is 7.76. The van der Waals surface area contributed by atoms with Gasteiger partial charge in [-0.25, -0.2) is 0 Å². The summed E-state index contributed by atoms with van der Waals surface area (Å²) >= 11 is 0. The van der Waals surface area contributed by atoms with E-state index in [2.05, 4.69) is 21.9 Å². The minimum Gasteiger partial charge on any atom is -0.497 e. The highest BCUT2D eigenvalue weighted by Crippen LogP contribution is 2.33. The summed E-state index contributed by atoms with van der Waals surface area (Å²) in [6.45, 7) is 7.20. The van der Waals surface area contributed by atoms with E-state index in [9.17, 15) is 0 Å². The lowest BCUT2D eigenvalue weighted by molar-refractivity contribution is -0.116. The average Bonchev–Trinajstić information content (AvgIpc) is 3.33. The van der Waals surface area contributed by atoms with E-state index in [1.807, 2.05) is 12.1 Å². The minimum atomic E-state index is 0.237. The number of likely N-dealkylation sites (tertiary alicyclic amines) is 1. The molecule has 1 aromatic carbocycles. The Labute approximate surface area is 157 Å². The molecule has 1 saturated carbocycles. The van der Waals surface area contributed by atoms with Crippen molar-refractivity contribution in [3.8, 4) is 5.75 Å². The van der Waals surface area contributed by atoms with Gasteiger partial charge in [0, 0.05) is 25.7 Å². The van der Waals surface area contributed by atoms with Crippen molar-refractivity contribution in [2.75, 3.05) is 46.5 Å². The molecule has 3 aliphatic rings. The van der Waals surface area contributed by atoms with Crippen molar-refractivity contribution in [1.29, 1.82) is 0 Å². The van der Waals surface area contributed by atoms with Crippen LogP contribution in [0.3, 0.4) is 0 Å². The number of hydrogen-bond acceptors (Lipinski definition) is 5. The molecule has 144 valence electrons. The monoisotopic (exact) mass is 360 g/mol. The summed E-state index contributed by atoms with van der Waals surface area (Å²) in [5.74, 6) is 0.918. The Morgan fingerprint density at radius 3 is 2.65 bits per heavy atom. The SMILES string of the molecule is COc1ccc(CN2CCO[C@H]3[C@H](OCCN4CCCC4)CC[C@@H]32)cc1. The molecule has 2 heterocycles. The summed E-state index contributed by atoms with van der Waals surface area (Å²) in [4.78, 5) is 5.10. The van der Waals surface area contributed by atoms with E-state index in [0.29, 0.717) is 6.04 Å². The predicted octanol–water partition coefficient (Wildman–Crippen LogP) is 2.54. The van der Waals surface area contributed by atoms with Gasteiger partial charge in [-0.2, -0.15) is 0 Å². The highest BCUT2D eigenvalue weighted by Gasteiger charge is 2.43. The van der Waals surface area contributed by atoms with Gasteiger partial charge in [-0.1, -0.05) is 12.1 Å². The van der Waals surface area contributed by atoms with Crippen molar-refractivity contribution in [2.45, 2.75) is 50.5 Å². The zero-order valence-corrected chi connectivity index (χ0v) is 15.9. The first-order valence-corrected chi connectivity index (χ1v) is 10.2. The number of morpholine rings is 1. The normalized spacial score (nSPS) is 29.8. The molecule has 0 spiro atoms. The molecule has 0 radical (unpaired) electrons. The molecule has 5 nitrogen and oxygen atoms in total. The third-order valence-corrected chi connectivity index (χ3v) is 6.13. The van der Waals surface area contributed by atoms with Gasteiger partial charge in [-0.05, 0) is 56.5 Å². The average molecular weight is 360 g/mol. The molecule has 0 aromatic heterocycles. The van der Waals surface area contributed by atoms with Gasteiger partial charge in [0.2, 0.25) is 0 Å². The fourth-order valence-corrected chi connectivity index (χ4v) is 4.67. The summed E-state index contributed by atoms with van der Waals surface area (Å²) in [5.41, 5.74) is 1.34. The van der Waals surface area contributed by atoms with Crippen LogP contribution in [0.5, 0.6) is 5.75 Å². The van der Waals surface area contributed by atoms with E-state index in [1.165, 1.54) is 37.9 Å². The quantitative estimate of drug-likeness (QED) is 0.746. The summed E-state index contributed by atoms with van der Waals surface area (Å²) in [6, 6.07) is 8.92. The van der Waals surface area contributed by atoms with Crippen LogP contribution < -0.4 is 4.74 Å². The van der Waals surface area contributed by atoms with E-state index < -0.39 is 0 Å². The third-order valence-electron chi connectivity index (χ3n) is 6.13. The number of rotatable bonds is 7. The van der Waals surface area contributed by atoms with Crippen molar-refractivity contribution in [3.63, 3.8) is 0 Å².